The molecule has 2 fully saturated rings. The molecule has 1 aromatic carbocycles. The van der Waals surface area contributed by atoms with Gasteiger partial charge in [-0.1, -0.05) is 81.7 Å². The van der Waals surface area contributed by atoms with E-state index in [1.165, 1.54) is 0 Å². The largest absolute Gasteiger partial charge is 0.360 e. The topological polar surface area (TPSA) is 61.9 Å². The Labute approximate surface area is 228 Å². The summed E-state index contributed by atoms with van der Waals surface area (Å²) in [6.07, 6.45) is -2.95. The zero-order valence-corrected chi connectivity index (χ0v) is 23.6. The van der Waals surface area contributed by atoms with Crippen molar-refractivity contribution in [3.8, 4) is 23.7 Å². The Hall–Kier alpha value is -1.98. The average Bonchev–Trinajstić information content (AvgIpc) is 2.97. The smallest absolute Gasteiger partial charge is 0.186 e. The van der Waals surface area contributed by atoms with Gasteiger partial charge in [0.25, 0.3) is 0 Å². The van der Waals surface area contributed by atoms with Gasteiger partial charge in [0.1, 0.15) is 37.6 Å². The van der Waals surface area contributed by atoms with Crippen molar-refractivity contribution in [3.63, 3.8) is 0 Å². The standard InChI is InChI=1S/C30H44N2O6/c1-6-31(7-2)19-13-15-21-34-27-26-25(23-36-29(38-26)24-17-11-10-12-18-24)37-30(33-5)28(27)35-22-16-14-20-32(8-3)9-4/h10-12,17-18,25-30H,6-9,19-23H2,1-5H3/t25-,26-,27+,28-,29?,30+/m1/s1. The van der Waals surface area contributed by atoms with Gasteiger partial charge in [-0.15, -0.1) is 0 Å². The van der Waals surface area contributed by atoms with E-state index in [0.29, 0.717) is 19.7 Å². The second-order valence-electron chi connectivity index (χ2n) is 9.14. The van der Waals surface area contributed by atoms with Gasteiger partial charge in [0, 0.05) is 12.7 Å². The van der Waals surface area contributed by atoms with Gasteiger partial charge in [0.05, 0.1) is 19.7 Å². The number of benzene rings is 1. The Morgan fingerprint density at radius 1 is 0.789 bits per heavy atom. The van der Waals surface area contributed by atoms with Crippen molar-refractivity contribution in [1.29, 1.82) is 0 Å². The first-order chi connectivity index (χ1) is 18.6. The Morgan fingerprint density at radius 3 is 1.92 bits per heavy atom. The van der Waals surface area contributed by atoms with E-state index in [0.717, 1.165) is 31.7 Å². The summed E-state index contributed by atoms with van der Waals surface area (Å²) in [6.45, 7) is 14.6. The van der Waals surface area contributed by atoms with Crippen LogP contribution in [0.1, 0.15) is 39.5 Å². The predicted octanol–water partition coefficient (Wildman–Crippen LogP) is 2.93. The van der Waals surface area contributed by atoms with E-state index in [1.54, 1.807) is 7.11 Å². The van der Waals surface area contributed by atoms with Crippen LogP contribution >= 0.6 is 0 Å². The minimum atomic E-state index is -0.644. The third-order valence-corrected chi connectivity index (χ3v) is 6.93. The van der Waals surface area contributed by atoms with E-state index in [2.05, 4.69) is 61.2 Å². The van der Waals surface area contributed by atoms with Crippen LogP contribution < -0.4 is 0 Å². The van der Waals surface area contributed by atoms with E-state index in [1.807, 2.05) is 30.3 Å². The molecule has 8 nitrogen and oxygen atoms in total. The van der Waals surface area contributed by atoms with E-state index < -0.39 is 30.9 Å². The van der Waals surface area contributed by atoms with Gasteiger partial charge in [0.2, 0.25) is 0 Å². The summed E-state index contributed by atoms with van der Waals surface area (Å²) < 4.78 is 36.9. The first-order valence-electron chi connectivity index (χ1n) is 13.7. The summed E-state index contributed by atoms with van der Waals surface area (Å²) >= 11 is 0. The van der Waals surface area contributed by atoms with Crippen molar-refractivity contribution >= 4 is 0 Å². The number of methoxy groups -OCH3 is 1. The fourth-order valence-electron chi connectivity index (χ4n) is 4.49. The summed E-state index contributed by atoms with van der Waals surface area (Å²) in [5, 5.41) is 0. The molecule has 2 aliphatic rings. The maximum absolute atomic E-state index is 6.42. The van der Waals surface area contributed by atoms with Crippen LogP contribution in [0.4, 0.5) is 0 Å². The lowest BCUT2D eigenvalue weighted by Crippen LogP contribution is -2.63. The number of nitrogens with zero attached hydrogens (tertiary/aromatic N) is 2. The number of hydrogen-bond acceptors (Lipinski definition) is 8. The first kappa shape index (κ1) is 30.6. The first-order valence-corrected chi connectivity index (χ1v) is 13.7. The van der Waals surface area contributed by atoms with Gasteiger partial charge in [-0.2, -0.15) is 0 Å². The van der Waals surface area contributed by atoms with Crippen molar-refractivity contribution in [2.24, 2.45) is 0 Å². The molecule has 38 heavy (non-hydrogen) atoms. The summed E-state index contributed by atoms with van der Waals surface area (Å²) in [5.74, 6) is 12.7. The lowest BCUT2D eigenvalue weighted by atomic mass is 9.97. The zero-order chi connectivity index (χ0) is 27.2. The highest BCUT2D eigenvalue weighted by Gasteiger charge is 2.51. The van der Waals surface area contributed by atoms with Gasteiger partial charge >= 0.3 is 0 Å². The highest BCUT2D eigenvalue weighted by Crippen LogP contribution is 2.36. The van der Waals surface area contributed by atoms with Crippen LogP contribution in [-0.2, 0) is 28.4 Å². The molecule has 0 radical (unpaired) electrons. The van der Waals surface area contributed by atoms with Crippen molar-refractivity contribution in [2.75, 3.05) is 66.2 Å². The number of rotatable bonds is 12. The zero-order valence-electron chi connectivity index (χ0n) is 23.6. The molecule has 1 unspecified atom stereocenters. The van der Waals surface area contributed by atoms with Crippen molar-refractivity contribution < 1.29 is 28.4 Å². The third kappa shape index (κ3) is 8.77. The molecule has 210 valence electrons. The molecule has 0 N–H and O–H groups in total. The molecule has 0 amide bonds. The Balaban J connectivity index is 1.73. The van der Waals surface area contributed by atoms with E-state index in [-0.39, 0.29) is 19.3 Å². The second kappa shape index (κ2) is 16.9. The Morgan fingerprint density at radius 2 is 1.37 bits per heavy atom. The van der Waals surface area contributed by atoms with Gasteiger partial charge < -0.3 is 28.4 Å². The highest BCUT2D eigenvalue weighted by molar-refractivity contribution is 5.17. The van der Waals surface area contributed by atoms with Crippen molar-refractivity contribution in [1.82, 2.24) is 9.80 Å². The molecule has 2 aliphatic heterocycles. The summed E-state index contributed by atoms with van der Waals surface area (Å²) in [4.78, 5) is 4.51. The molecule has 8 heteroatoms. The second-order valence-corrected chi connectivity index (χ2v) is 9.14. The minimum Gasteiger partial charge on any atom is -0.360 e. The number of fused-ring (bicyclic) bond motifs is 1. The molecule has 0 aliphatic carbocycles. The maximum atomic E-state index is 6.42. The van der Waals surface area contributed by atoms with Crippen LogP contribution in [0.3, 0.4) is 0 Å². The molecule has 0 bridgehead atoms. The van der Waals surface area contributed by atoms with Crippen LogP contribution in [-0.4, -0.2) is 107 Å². The fraction of sp³-hybridized carbons (Fsp3) is 0.667. The SMILES string of the molecule is CCN(CC)CC#CCO[C@@H]1[C@@H](OCC#CCN(CC)CC)[C@@H](OC)O[C@@H]2COC(c3ccccc3)O[C@@H]12. The van der Waals surface area contributed by atoms with E-state index >= 15 is 0 Å². The van der Waals surface area contributed by atoms with Gasteiger partial charge in [0.15, 0.2) is 12.6 Å². The lowest BCUT2D eigenvalue weighted by Gasteiger charge is -2.48. The molecule has 0 aromatic heterocycles. The molecular weight excluding hydrogens is 484 g/mol. The molecule has 2 saturated heterocycles. The number of ether oxygens (including phenoxy) is 6. The van der Waals surface area contributed by atoms with Gasteiger partial charge in [-0.25, -0.2) is 0 Å². The average molecular weight is 529 g/mol. The summed E-state index contributed by atoms with van der Waals surface area (Å²) in [7, 11) is 1.60. The van der Waals surface area contributed by atoms with E-state index in [9.17, 15) is 0 Å². The van der Waals surface area contributed by atoms with Crippen LogP contribution in [0.25, 0.3) is 0 Å². The Kier molecular flexibility index (Phi) is 13.6. The van der Waals surface area contributed by atoms with Crippen molar-refractivity contribution in [3.05, 3.63) is 35.9 Å². The van der Waals surface area contributed by atoms with Gasteiger partial charge in [-0.05, 0) is 26.2 Å². The van der Waals surface area contributed by atoms with Crippen LogP contribution in [0, 0.1) is 23.7 Å². The normalized spacial score (nSPS) is 26.8. The van der Waals surface area contributed by atoms with Gasteiger partial charge in [-0.3, -0.25) is 9.80 Å². The van der Waals surface area contributed by atoms with Crippen molar-refractivity contribution in [2.45, 2.75) is 64.7 Å². The summed E-state index contributed by atoms with van der Waals surface area (Å²) in [6, 6.07) is 9.88. The molecule has 3 rings (SSSR count). The minimum absolute atomic E-state index is 0.235. The molecule has 1 aromatic rings. The maximum Gasteiger partial charge on any atom is 0.186 e. The molecule has 2 heterocycles. The number of hydrogen-bond donors (Lipinski definition) is 0. The summed E-state index contributed by atoms with van der Waals surface area (Å²) in [5.41, 5.74) is 0.942. The predicted molar refractivity (Wildman–Crippen MR) is 146 cm³/mol. The molecule has 0 spiro atoms. The van der Waals surface area contributed by atoms with Crippen LogP contribution in [0.5, 0.6) is 0 Å². The van der Waals surface area contributed by atoms with Crippen LogP contribution in [0.15, 0.2) is 30.3 Å². The Bertz CT molecular complexity index is 915. The van der Waals surface area contributed by atoms with Crippen LogP contribution in [0.2, 0.25) is 0 Å². The molecule has 6 atom stereocenters. The monoisotopic (exact) mass is 528 g/mol. The molecular formula is C30H44N2O6. The highest BCUT2D eigenvalue weighted by atomic mass is 16.8. The van der Waals surface area contributed by atoms with E-state index in [4.69, 9.17) is 28.4 Å². The lowest BCUT2D eigenvalue weighted by molar-refractivity contribution is -0.365. The quantitative estimate of drug-likeness (QED) is 0.384. The third-order valence-electron chi connectivity index (χ3n) is 6.93. The molecule has 0 saturated carbocycles. The fourth-order valence-corrected chi connectivity index (χ4v) is 4.49.